The number of aromatic nitrogens is 4. The van der Waals surface area contributed by atoms with Crippen molar-refractivity contribution in [3.05, 3.63) is 12.7 Å². The topological polar surface area (TPSA) is 116 Å². The quantitative estimate of drug-likeness (QED) is 0.671. The van der Waals surface area contributed by atoms with Crippen LogP contribution in [-0.2, 0) is 4.79 Å². The van der Waals surface area contributed by atoms with Crippen molar-refractivity contribution in [2.45, 2.75) is 18.9 Å². The van der Waals surface area contributed by atoms with Crippen molar-refractivity contribution >= 4 is 22.9 Å². The minimum Gasteiger partial charge on any atom is -0.394 e. The van der Waals surface area contributed by atoms with Gasteiger partial charge in [-0.15, -0.1) is 0 Å². The number of amides is 1. The predicted molar refractivity (Wildman–Crippen MR) is 90.0 cm³/mol. The number of fused-ring (bicyclic) bond motifs is 2. The molecule has 4 heterocycles. The van der Waals surface area contributed by atoms with Crippen LogP contribution in [0.5, 0.6) is 0 Å². The van der Waals surface area contributed by atoms with Crippen molar-refractivity contribution < 1.29 is 15.0 Å². The van der Waals surface area contributed by atoms with Gasteiger partial charge < -0.3 is 25.0 Å². The normalized spacial score (nSPS) is 23.8. The van der Waals surface area contributed by atoms with Crippen molar-refractivity contribution in [1.29, 1.82) is 0 Å². The summed E-state index contributed by atoms with van der Waals surface area (Å²) >= 11 is 0. The maximum atomic E-state index is 12.2. The van der Waals surface area contributed by atoms with Gasteiger partial charge in [-0.1, -0.05) is 0 Å². The van der Waals surface area contributed by atoms with Gasteiger partial charge in [0.15, 0.2) is 17.0 Å². The van der Waals surface area contributed by atoms with Gasteiger partial charge in [-0.05, 0) is 18.8 Å². The van der Waals surface area contributed by atoms with E-state index in [2.05, 4.69) is 25.2 Å². The smallest absolute Gasteiger partial charge is 0.225 e. The molecule has 2 aromatic heterocycles. The van der Waals surface area contributed by atoms with Crippen LogP contribution in [0.25, 0.3) is 11.2 Å². The molecular formula is C16H22N6O3. The van der Waals surface area contributed by atoms with E-state index < -0.39 is 6.04 Å². The number of anilines is 1. The molecule has 0 saturated carbocycles. The van der Waals surface area contributed by atoms with Gasteiger partial charge in [-0.25, -0.2) is 15.0 Å². The number of imidazole rings is 1. The van der Waals surface area contributed by atoms with Crippen LogP contribution < -0.4 is 10.2 Å². The molecule has 2 saturated heterocycles. The third-order valence-corrected chi connectivity index (χ3v) is 5.36. The summed E-state index contributed by atoms with van der Waals surface area (Å²) in [5.41, 5.74) is 1.21. The molecule has 0 spiro atoms. The lowest BCUT2D eigenvalue weighted by Crippen LogP contribution is -2.52. The van der Waals surface area contributed by atoms with E-state index in [0.29, 0.717) is 29.4 Å². The van der Waals surface area contributed by atoms with Gasteiger partial charge in [-0.2, -0.15) is 0 Å². The number of hydrogen-bond acceptors (Lipinski definition) is 7. The Morgan fingerprint density at radius 2 is 2.08 bits per heavy atom. The van der Waals surface area contributed by atoms with Gasteiger partial charge in [-0.3, -0.25) is 4.79 Å². The average molecular weight is 346 g/mol. The van der Waals surface area contributed by atoms with Crippen molar-refractivity contribution in [1.82, 2.24) is 24.8 Å². The fourth-order valence-corrected chi connectivity index (χ4v) is 3.92. The largest absolute Gasteiger partial charge is 0.394 e. The van der Waals surface area contributed by atoms with Crippen LogP contribution in [-0.4, -0.2) is 68.5 Å². The van der Waals surface area contributed by atoms with E-state index in [1.807, 2.05) is 0 Å². The average Bonchev–Trinajstić information content (AvgIpc) is 3.07. The summed E-state index contributed by atoms with van der Waals surface area (Å²) in [7, 11) is 0. The van der Waals surface area contributed by atoms with Crippen LogP contribution in [0.2, 0.25) is 0 Å². The van der Waals surface area contributed by atoms with E-state index in [-0.39, 0.29) is 25.0 Å². The Morgan fingerprint density at radius 3 is 2.88 bits per heavy atom. The first-order valence-corrected chi connectivity index (χ1v) is 8.64. The van der Waals surface area contributed by atoms with Crippen molar-refractivity contribution in [3.8, 4) is 0 Å². The van der Waals surface area contributed by atoms with Crippen LogP contribution in [0.3, 0.4) is 0 Å². The highest BCUT2D eigenvalue weighted by atomic mass is 16.3. The number of nitrogens with zero attached hydrogens (tertiary/aromatic N) is 5. The second kappa shape index (κ2) is 6.57. The van der Waals surface area contributed by atoms with E-state index in [9.17, 15) is 15.0 Å². The number of piperidine rings is 2. The summed E-state index contributed by atoms with van der Waals surface area (Å²) < 4.78 is 1.67. The van der Waals surface area contributed by atoms with Gasteiger partial charge in [0.1, 0.15) is 6.33 Å². The minimum absolute atomic E-state index is 0.0165. The van der Waals surface area contributed by atoms with Gasteiger partial charge in [0.25, 0.3) is 0 Å². The van der Waals surface area contributed by atoms with Crippen molar-refractivity contribution in [2.75, 3.05) is 37.7 Å². The molecule has 2 fully saturated rings. The number of carbonyl (C=O) groups is 1. The van der Waals surface area contributed by atoms with Gasteiger partial charge >= 0.3 is 0 Å². The Bertz CT molecular complexity index is 774. The highest BCUT2D eigenvalue weighted by Gasteiger charge is 2.37. The molecule has 3 N–H and O–H groups in total. The number of rotatable bonds is 4. The molecule has 4 rings (SSSR count). The van der Waals surface area contributed by atoms with E-state index in [1.165, 1.54) is 6.33 Å². The molecule has 2 aliphatic heterocycles. The fourth-order valence-electron chi connectivity index (χ4n) is 3.92. The first kappa shape index (κ1) is 16.2. The lowest BCUT2D eigenvalue weighted by Gasteiger charge is -2.40. The van der Waals surface area contributed by atoms with E-state index in [1.54, 1.807) is 10.9 Å². The Balaban J connectivity index is 1.66. The molecule has 2 aliphatic rings. The molecule has 0 bridgehead atoms. The third-order valence-electron chi connectivity index (χ3n) is 5.36. The Kier molecular flexibility index (Phi) is 4.26. The van der Waals surface area contributed by atoms with E-state index in [4.69, 9.17) is 0 Å². The molecule has 1 amide bonds. The Hall–Kier alpha value is -2.26. The highest BCUT2D eigenvalue weighted by Crippen LogP contribution is 2.33. The Labute approximate surface area is 144 Å². The molecule has 0 unspecified atom stereocenters. The van der Waals surface area contributed by atoms with Crippen LogP contribution in [0.15, 0.2) is 12.7 Å². The van der Waals surface area contributed by atoms with Crippen LogP contribution >= 0.6 is 0 Å². The molecule has 134 valence electrons. The van der Waals surface area contributed by atoms with Gasteiger partial charge in [0, 0.05) is 19.6 Å². The van der Waals surface area contributed by atoms with Gasteiger partial charge in [0.05, 0.1) is 31.5 Å². The first-order valence-electron chi connectivity index (χ1n) is 8.64. The monoisotopic (exact) mass is 346 g/mol. The van der Waals surface area contributed by atoms with E-state index in [0.717, 1.165) is 25.9 Å². The van der Waals surface area contributed by atoms with Crippen LogP contribution in [0.1, 0.15) is 18.9 Å². The SMILES string of the molecule is O=C1NCC[C@H]2CCN(c3ncnc4c3ncn4C(CO)CO)C[C@@H]12. The fraction of sp³-hybridized carbons (Fsp3) is 0.625. The standard InChI is InChI=1S/C16H22N6O3/c23-6-11(7-24)22-9-20-13-14(18-8-19-15(13)22)21-4-2-10-1-3-17-16(25)12(10)5-21/h8-12,23-24H,1-7H2,(H,17,25)/t10-,12+/m0/s1. The molecule has 0 aromatic carbocycles. The number of carbonyl (C=O) groups excluding carboxylic acids is 1. The zero-order valence-electron chi connectivity index (χ0n) is 13.9. The number of hydrogen-bond donors (Lipinski definition) is 3. The maximum Gasteiger partial charge on any atom is 0.225 e. The molecule has 25 heavy (non-hydrogen) atoms. The molecule has 9 heteroatoms. The summed E-state index contributed by atoms with van der Waals surface area (Å²) in [5.74, 6) is 1.25. The highest BCUT2D eigenvalue weighted by molar-refractivity contribution is 5.85. The van der Waals surface area contributed by atoms with Crippen LogP contribution in [0, 0.1) is 11.8 Å². The van der Waals surface area contributed by atoms with Crippen molar-refractivity contribution in [3.63, 3.8) is 0 Å². The third kappa shape index (κ3) is 2.73. The number of aliphatic hydroxyl groups is 2. The predicted octanol–water partition coefficient (Wildman–Crippen LogP) is -0.686. The molecule has 0 aliphatic carbocycles. The van der Waals surface area contributed by atoms with Crippen molar-refractivity contribution in [2.24, 2.45) is 11.8 Å². The Morgan fingerprint density at radius 1 is 1.24 bits per heavy atom. The minimum atomic E-state index is -0.484. The van der Waals surface area contributed by atoms with Crippen LogP contribution in [0.4, 0.5) is 5.82 Å². The number of aliphatic hydroxyl groups excluding tert-OH is 2. The zero-order chi connectivity index (χ0) is 17.4. The first-order chi connectivity index (χ1) is 12.2. The summed E-state index contributed by atoms with van der Waals surface area (Å²) in [6.07, 6.45) is 5.03. The molecular weight excluding hydrogens is 324 g/mol. The summed E-state index contributed by atoms with van der Waals surface area (Å²) in [6.45, 7) is 1.82. The second-order valence-corrected chi connectivity index (χ2v) is 6.72. The summed E-state index contributed by atoms with van der Waals surface area (Å²) in [6, 6.07) is -0.484. The zero-order valence-corrected chi connectivity index (χ0v) is 13.9. The lowest BCUT2D eigenvalue weighted by molar-refractivity contribution is -0.129. The summed E-state index contributed by atoms with van der Waals surface area (Å²) in [5, 5.41) is 21.8. The lowest BCUT2D eigenvalue weighted by atomic mass is 9.80. The molecule has 9 nitrogen and oxygen atoms in total. The van der Waals surface area contributed by atoms with Gasteiger partial charge in [0.2, 0.25) is 5.91 Å². The summed E-state index contributed by atoms with van der Waals surface area (Å²) in [4.78, 5) is 27.4. The number of nitrogens with one attached hydrogen (secondary N) is 1. The second-order valence-electron chi connectivity index (χ2n) is 6.72. The molecule has 0 radical (unpaired) electrons. The molecule has 2 atom stereocenters. The molecule has 2 aromatic rings. The maximum absolute atomic E-state index is 12.2. The van der Waals surface area contributed by atoms with E-state index >= 15 is 0 Å².